The fraction of sp³-hybridized carbons (Fsp3) is 0.464. The Labute approximate surface area is 213 Å². The van der Waals surface area contributed by atoms with Crippen molar-refractivity contribution in [2.45, 2.75) is 44.6 Å². The van der Waals surface area contributed by atoms with Crippen LogP contribution in [-0.2, 0) is 19.1 Å². The Hall–Kier alpha value is -3.39. The highest BCUT2D eigenvalue weighted by Gasteiger charge is 2.23. The number of rotatable bonds is 11. The van der Waals surface area contributed by atoms with Gasteiger partial charge in [-0.05, 0) is 37.3 Å². The Bertz CT molecular complexity index is 990. The molecule has 36 heavy (non-hydrogen) atoms. The van der Waals surface area contributed by atoms with Gasteiger partial charge < -0.3 is 19.3 Å². The SMILES string of the molecule is COC(=O)CCCCC(=O)N(C)CCN1CCC(OC(=O)Nc2ccccc2-c2ccccc2)CC1. The second kappa shape index (κ2) is 14.2. The number of carbonyl (C=O) groups is 3. The number of unbranched alkanes of at least 4 members (excludes halogenated alkanes) is 1. The van der Waals surface area contributed by atoms with Gasteiger partial charge in [0.15, 0.2) is 0 Å². The highest BCUT2D eigenvalue weighted by molar-refractivity contribution is 5.91. The molecule has 1 aliphatic rings. The molecule has 2 aromatic carbocycles. The van der Waals surface area contributed by atoms with E-state index >= 15 is 0 Å². The first kappa shape index (κ1) is 27.2. The highest BCUT2D eigenvalue weighted by atomic mass is 16.6. The predicted molar refractivity (Wildman–Crippen MR) is 140 cm³/mol. The Morgan fingerprint density at radius 3 is 2.36 bits per heavy atom. The van der Waals surface area contributed by atoms with Crippen LogP contribution in [-0.4, -0.2) is 74.2 Å². The van der Waals surface area contributed by atoms with Crippen LogP contribution in [0.25, 0.3) is 11.1 Å². The topological polar surface area (TPSA) is 88.2 Å². The maximum atomic E-state index is 12.6. The van der Waals surface area contributed by atoms with E-state index in [1.54, 1.807) is 4.90 Å². The largest absolute Gasteiger partial charge is 0.469 e. The van der Waals surface area contributed by atoms with E-state index in [1.807, 2.05) is 61.6 Å². The summed E-state index contributed by atoms with van der Waals surface area (Å²) >= 11 is 0. The van der Waals surface area contributed by atoms with Gasteiger partial charge >= 0.3 is 12.1 Å². The molecule has 0 saturated carbocycles. The van der Waals surface area contributed by atoms with Crippen LogP contribution in [0.4, 0.5) is 10.5 Å². The van der Waals surface area contributed by atoms with Crippen molar-refractivity contribution in [3.63, 3.8) is 0 Å². The maximum Gasteiger partial charge on any atom is 0.411 e. The number of esters is 1. The molecule has 3 rings (SSSR count). The number of carbonyl (C=O) groups excluding carboxylic acids is 3. The minimum absolute atomic E-state index is 0.0885. The van der Waals surface area contributed by atoms with Gasteiger partial charge in [-0.2, -0.15) is 0 Å². The molecule has 1 heterocycles. The number of likely N-dealkylation sites (tertiary alicyclic amines) is 1. The van der Waals surface area contributed by atoms with Crippen LogP contribution < -0.4 is 5.32 Å². The van der Waals surface area contributed by atoms with Gasteiger partial charge in [0.1, 0.15) is 6.10 Å². The van der Waals surface area contributed by atoms with Crippen molar-refractivity contribution in [1.29, 1.82) is 0 Å². The minimum atomic E-state index is -0.436. The summed E-state index contributed by atoms with van der Waals surface area (Å²) in [6.45, 7) is 3.07. The molecule has 2 aromatic rings. The van der Waals surface area contributed by atoms with Crippen LogP contribution in [0.3, 0.4) is 0 Å². The third-order valence-corrected chi connectivity index (χ3v) is 6.48. The molecular formula is C28H37N3O5. The van der Waals surface area contributed by atoms with E-state index in [4.69, 9.17) is 4.74 Å². The van der Waals surface area contributed by atoms with Crippen LogP contribution in [0.2, 0.25) is 0 Å². The molecule has 1 saturated heterocycles. The van der Waals surface area contributed by atoms with Gasteiger partial charge in [-0.25, -0.2) is 4.79 Å². The number of hydrogen-bond acceptors (Lipinski definition) is 6. The van der Waals surface area contributed by atoms with Crippen molar-refractivity contribution < 1.29 is 23.9 Å². The van der Waals surface area contributed by atoms with E-state index < -0.39 is 6.09 Å². The fourth-order valence-electron chi connectivity index (χ4n) is 4.26. The van der Waals surface area contributed by atoms with E-state index in [1.165, 1.54) is 7.11 Å². The molecule has 1 N–H and O–H groups in total. The number of nitrogens with one attached hydrogen (secondary N) is 1. The van der Waals surface area contributed by atoms with E-state index in [0.717, 1.165) is 49.3 Å². The summed E-state index contributed by atoms with van der Waals surface area (Å²) in [5.41, 5.74) is 2.71. The fourth-order valence-corrected chi connectivity index (χ4v) is 4.26. The molecule has 0 bridgehead atoms. The number of benzene rings is 2. The molecule has 8 nitrogen and oxygen atoms in total. The van der Waals surface area contributed by atoms with Crippen molar-refractivity contribution in [2.24, 2.45) is 0 Å². The predicted octanol–water partition coefficient (Wildman–Crippen LogP) is 4.56. The lowest BCUT2D eigenvalue weighted by molar-refractivity contribution is -0.141. The van der Waals surface area contributed by atoms with E-state index in [9.17, 15) is 14.4 Å². The molecule has 0 radical (unpaired) electrons. The number of anilines is 1. The number of hydrogen-bond donors (Lipinski definition) is 1. The first-order valence-electron chi connectivity index (χ1n) is 12.6. The lowest BCUT2D eigenvalue weighted by Crippen LogP contribution is -2.42. The number of para-hydroxylation sites is 1. The molecular weight excluding hydrogens is 458 g/mol. The van der Waals surface area contributed by atoms with E-state index in [2.05, 4.69) is 15.0 Å². The van der Waals surface area contributed by atoms with Crippen molar-refractivity contribution in [3.8, 4) is 11.1 Å². The number of likely N-dealkylation sites (N-methyl/N-ethyl adjacent to an activating group) is 1. The molecule has 0 aliphatic carbocycles. The maximum absolute atomic E-state index is 12.6. The number of amides is 2. The zero-order valence-electron chi connectivity index (χ0n) is 21.3. The zero-order chi connectivity index (χ0) is 25.8. The smallest absolute Gasteiger partial charge is 0.411 e. The average molecular weight is 496 g/mol. The minimum Gasteiger partial charge on any atom is -0.469 e. The van der Waals surface area contributed by atoms with Crippen molar-refractivity contribution in [3.05, 3.63) is 54.6 Å². The molecule has 0 atom stereocenters. The van der Waals surface area contributed by atoms with Gasteiger partial charge in [0.05, 0.1) is 12.8 Å². The van der Waals surface area contributed by atoms with Crippen molar-refractivity contribution in [1.82, 2.24) is 9.80 Å². The quantitative estimate of drug-likeness (QED) is 0.363. The molecule has 194 valence electrons. The second-order valence-corrected chi connectivity index (χ2v) is 9.08. The molecule has 0 aromatic heterocycles. The zero-order valence-corrected chi connectivity index (χ0v) is 21.3. The third-order valence-electron chi connectivity index (χ3n) is 6.48. The summed E-state index contributed by atoms with van der Waals surface area (Å²) in [6, 6.07) is 17.6. The van der Waals surface area contributed by atoms with E-state index in [0.29, 0.717) is 32.2 Å². The molecule has 0 spiro atoms. The monoisotopic (exact) mass is 495 g/mol. The third kappa shape index (κ3) is 8.68. The van der Waals surface area contributed by atoms with Gasteiger partial charge in [0.25, 0.3) is 0 Å². The number of piperidine rings is 1. The standard InChI is InChI=1S/C28H37N3O5/c1-30(26(32)14-8-9-15-27(33)35-2)20-21-31-18-16-23(17-19-31)36-28(34)29-25-13-7-6-12-24(25)22-10-4-3-5-11-22/h3-7,10-13,23H,8-9,14-21H2,1-2H3,(H,29,34). The van der Waals surface area contributed by atoms with Gasteiger partial charge in [-0.1, -0.05) is 48.5 Å². The van der Waals surface area contributed by atoms with Crippen LogP contribution in [0.1, 0.15) is 38.5 Å². The Balaban J connectivity index is 1.35. The van der Waals surface area contributed by atoms with Gasteiger partial charge in [-0.15, -0.1) is 0 Å². The summed E-state index contributed by atoms with van der Waals surface area (Å²) in [5, 5.41) is 2.91. The van der Waals surface area contributed by atoms with Crippen LogP contribution in [0, 0.1) is 0 Å². The van der Waals surface area contributed by atoms with Crippen LogP contribution in [0.15, 0.2) is 54.6 Å². The van der Waals surface area contributed by atoms with Gasteiger partial charge in [-0.3, -0.25) is 14.9 Å². The average Bonchev–Trinajstić information content (AvgIpc) is 2.91. The summed E-state index contributed by atoms with van der Waals surface area (Å²) < 4.78 is 10.3. The molecule has 1 fully saturated rings. The first-order valence-corrected chi connectivity index (χ1v) is 12.6. The van der Waals surface area contributed by atoms with E-state index in [-0.39, 0.29) is 18.0 Å². The summed E-state index contributed by atoms with van der Waals surface area (Å²) in [5.74, 6) is -0.150. The number of methoxy groups -OCH3 is 1. The van der Waals surface area contributed by atoms with Gasteiger partial charge in [0, 0.05) is 51.6 Å². The highest BCUT2D eigenvalue weighted by Crippen LogP contribution is 2.28. The Morgan fingerprint density at radius 2 is 1.64 bits per heavy atom. The molecule has 1 aliphatic heterocycles. The number of nitrogens with zero attached hydrogens (tertiary/aromatic N) is 2. The lowest BCUT2D eigenvalue weighted by Gasteiger charge is -2.32. The molecule has 2 amide bonds. The van der Waals surface area contributed by atoms with Crippen LogP contribution >= 0.6 is 0 Å². The second-order valence-electron chi connectivity index (χ2n) is 9.08. The number of ether oxygens (including phenoxy) is 2. The molecule has 0 unspecified atom stereocenters. The van der Waals surface area contributed by atoms with Crippen molar-refractivity contribution in [2.75, 3.05) is 45.7 Å². The summed E-state index contributed by atoms with van der Waals surface area (Å²) in [7, 11) is 3.19. The van der Waals surface area contributed by atoms with Gasteiger partial charge in [0.2, 0.25) is 5.91 Å². The Morgan fingerprint density at radius 1 is 0.972 bits per heavy atom. The summed E-state index contributed by atoms with van der Waals surface area (Å²) in [6.07, 6.45) is 3.09. The lowest BCUT2D eigenvalue weighted by atomic mass is 10.0. The summed E-state index contributed by atoms with van der Waals surface area (Å²) in [4.78, 5) is 40.1. The van der Waals surface area contributed by atoms with Crippen LogP contribution in [0.5, 0.6) is 0 Å². The van der Waals surface area contributed by atoms with Crippen molar-refractivity contribution >= 4 is 23.7 Å². The normalized spacial score (nSPS) is 14.2. The first-order chi connectivity index (χ1) is 17.5. The molecule has 8 heteroatoms. The Kier molecular flexibility index (Phi) is 10.8.